The van der Waals surface area contributed by atoms with E-state index in [1.165, 1.54) is 0 Å². The Balaban J connectivity index is 1.68. The van der Waals surface area contributed by atoms with E-state index < -0.39 is 59.6 Å². The molecule has 3 atom stereocenters. The van der Waals surface area contributed by atoms with Gasteiger partial charge in [-0.2, -0.15) is 13.5 Å². The molecule has 3 fully saturated rings. The first kappa shape index (κ1) is 22.2. The minimum atomic E-state index is -4.91. The van der Waals surface area contributed by atoms with E-state index >= 15 is 0 Å². The van der Waals surface area contributed by atoms with E-state index in [0.717, 1.165) is 15.5 Å². The van der Waals surface area contributed by atoms with E-state index in [1.807, 2.05) is 0 Å². The molecule has 29 heavy (non-hydrogen) atoms. The quantitative estimate of drug-likeness (QED) is 0.219. The van der Waals surface area contributed by atoms with Crippen LogP contribution in [0.1, 0.15) is 19.3 Å². The van der Waals surface area contributed by atoms with Gasteiger partial charge in [0.25, 0.3) is 0 Å². The summed E-state index contributed by atoms with van der Waals surface area (Å²) >= 11 is 0. The van der Waals surface area contributed by atoms with E-state index in [9.17, 15) is 30.0 Å². The Morgan fingerprint density at radius 1 is 1.14 bits per heavy atom. The smallest absolute Gasteiger partial charge is 0.310 e. The molecule has 3 aliphatic heterocycles. The largest absolute Gasteiger partial charge is 0.418 e. The Morgan fingerprint density at radius 2 is 1.79 bits per heavy atom. The summed E-state index contributed by atoms with van der Waals surface area (Å²) in [5.74, 6) is -0.483. The second-order valence-corrected chi connectivity index (χ2v) is 12.1. The maximum atomic E-state index is 12.6. The fourth-order valence-corrected chi connectivity index (χ4v) is 6.46. The maximum absolute atomic E-state index is 12.6. The summed E-state index contributed by atoms with van der Waals surface area (Å²) in [6.07, 6.45) is 1.44. The first-order valence-corrected chi connectivity index (χ1v) is 13.3. The van der Waals surface area contributed by atoms with Crippen LogP contribution in [0, 0.1) is 5.41 Å². The standard InChI is InChI=1S/C12H21N5O9S3/c1-27(19,20)15-5-4-9(7-15)28(21,22)14-11(13)10-3-2-8-6-16(10)12(18)17(8)26-29(23,24)25/h8-10H,2-7H2,1H3,(H2,13,14)(H,23,24,25)/t8-,9-,10+/m1/s1. The van der Waals surface area contributed by atoms with Crippen LogP contribution in [0.25, 0.3) is 0 Å². The topological polar surface area (TPSA) is 195 Å². The van der Waals surface area contributed by atoms with Gasteiger partial charge in [0.2, 0.25) is 20.0 Å². The first-order chi connectivity index (χ1) is 13.2. The number of fused-ring (bicyclic) bond motifs is 2. The zero-order valence-corrected chi connectivity index (χ0v) is 17.7. The molecular formula is C12H21N5O9S3. The van der Waals surface area contributed by atoms with Crippen LogP contribution in [0.4, 0.5) is 4.79 Å². The van der Waals surface area contributed by atoms with Crippen molar-refractivity contribution < 1.29 is 38.9 Å². The van der Waals surface area contributed by atoms with Gasteiger partial charge in [-0.3, -0.25) is 14.7 Å². The molecule has 0 aromatic carbocycles. The lowest BCUT2D eigenvalue weighted by molar-refractivity contribution is -0.0316. The number of amidine groups is 1. The normalized spacial score (nSPS) is 28.8. The highest BCUT2D eigenvalue weighted by Crippen LogP contribution is 2.31. The lowest BCUT2D eigenvalue weighted by atomic mass is 10.0. The molecule has 2 bridgehead atoms. The zero-order chi connectivity index (χ0) is 21.8. The van der Waals surface area contributed by atoms with Gasteiger partial charge in [0.05, 0.1) is 23.6 Å². The molecule has 3 N–H and O–H groups in total. The minimum Gasteiger partial charge on any atom is -0.310 e. The van der Waals surface area contributed by atoms with Gasteiger partial charge in [-0.25, -0.2) is 25.9 Å². The molecule has 17 heteroatoms. The van der Waals surface area contributed by atoms with Crippen molar-refractivity contribution >= 4 is 42.3 Å². The summed E-state index contributed by atoms with van der Waals surface area (Å²) in [4.78, 5) is 13.4. The minimum absolute atomic E-state index is 0.00554. The first-order valence-electron chi connectivity index (χ1n) is 8.51. The molecule has 0 saturated carbocycles. The average Bonchev–Trinajstić information content (AvgIpc) is 3.15. The molecule has 2 amide bonds. The van der Waals surface area contributed by atoms with E-state index in [2.05, 4.69) is 9.01 Å². The number of rotatable bonds is 6. The maximum Gasteiger partial charge on any atom is 0.418 e. The number of amides is 2. The van der Waals surface area contributed by atoms with Crippen molar-refractivity contribution in [2.75, 3.05) is 25.9 Å². The van der Waals surface area contributed by atoms with Crippen LogP contribution >= 0.6 is 0 Å². The van der Waals surface area contributed by atoms with E-state index in [4.69, 9.17) is 9.96 Å². The van der Waals surface area contributed by atoms with Crippen molar-refractivity contribution in [2.45, 2.75) is 36.6 Å². The fourth-order valence-electron chi connectivity index (χ4n) is 3.69. The van der Waals surface area contributed by atoms with Crippen LogP contribution in [0.5, 0.6) is 0 Å². The van der Waals surface area contributed by atoms with Gasteiger partial charge in [-0.1, -0.05) is 0 Å². The molecule has 166 valence electrons. The van der Waals surface area contributed by atoms with Crippen LogP contribution in [0.15, 0.2) is 0 Å². The number of nitrogens with one attached hydrogen (secondary N) is 2. The summed E-state index contributed by atoms with van der Waals surface area (Å²) in [6.45, 7) is -0.184. The molecule has 0 aromatic heterocycles. The molecule has 0 aromatic rings. The number of carbonyl (C=O) groups is 1. The van der Waals surface area contributed by atoms with Crippen LogP contribution < -0.4 is 4.72 Å². The Labute approximate surface area is 168 Å². The number of carbonyl (C=O) groups excluding carboxylic acids is 1. The summed E-state index contributed by atoms with van der Waals surface area (Å²) < 4.78 is 86.4. The summed E-state index contributed by atoms with van der Waals surface area (Å²) in [5, 5.41) is 7.58. The Hall–Kier alpha value is -1.53. The number of hydrogen-bond acceptors (Lipinski definition) is 9. The number of piperidine rings is 1. The zero-order valence-electron chi connectivity index (χ0n) is 15.3. The van der Waals surface area contributed by atoms with Gasteiger partial charge in [0.15, 0.2) is 0 Å². The van der Waals surface area contributed by atoms with Gasteiger partial charge in [-0.05, 0) is 19.3 Å². The summed E-state index contributed by atoms with van der Waals surface area (Å²) in [7, 11) is -12.5. The second-order valence-electron chi connectivity index (χ2n) is 7.10. The van der Waals surface area contributed by atoms with Gasteiger partial charge in [-0.15, -0.1) is 4.28 Å². The third-order valence-electron chi connectivity index (χ3n) is 5.10. The number of hydrogen-bond donors (Lipinski definition) is 3. The highest BCUT2D eigenvalue weighted by Gasteiger charge is 2.49. The third-order valence-corrected chi connectivity index (χ3v) is 8.48. The molecule has 0 radical (unpaired) electrons. The van der Waals surface area contributed by atoms with Gasteiger partial charge in [0, 0.05) is 19.6 Å². The van der Waals surface area contributed by atoms with Crippen molar-refractivity contribution in [3.05, 3.63) is 0 Å². The van der Waals surface area contributed by atoms with Gasteiger partial charge >= 0.3 is 16.4 Å². The monoisotopic (exact) mass is 475 g/mol. The van der Waals surface area contributed by atoms with Gasteiger partial charge < -0.3 is 4.90 Å². The van der Waals surface area contributed by atoms with E-state index in [-0.39, 0.29) is 38.9 Å². The van der Waals surface area contributed by atoms with E-state index in [0.29, 0.717) is 5.06 Å². The summed E-state index contributed by atoms with van der Waals surface area (Å²) in [6, 6.07) is -2.54. The van der Waals surface area contributed by atoms with Gasteiger partial charge in [0.1, 0.15) is 5.84 Å². The Bertz CT molecular complexity index is 1030. The molecular weight excluding hydrogens is 454 g/mol. The highest BCUT2D eigenvalue weighted by molar-refractivity contribution is 7.91. The summed E-state index contributed by atoms with van der Waals surface area (Å²) in [5.41, 5.74) is 0. The molecule has 3 saturated heterocycles. The van der Waals surface area contributed by atoms with Crippen LogP contribution in [0.3, 0.4) is 0 Å². The number of sulfonamides is 2. The number of urea groups is 1. The lowest BCUT2D eigenvalue weighted by Gasteiger charge is -2.31. The molecule has 3 rings (SSSR count). The van der Waals surface area contributed by atoms with Crippen molar-refractivity contribution in [3.63, 3.8) is 0 Å². The third kappa shape index (κ3) is 4.64. The Kier molecular flexibility index (Phi) is 5.59. The predicted molar refractivity (Wildman–Crippen MR) is 98.0 cm³/mol. The molecule has 0 aliphatic carbocycles. The molecule has 3 heterocycles. The fraction of sp³-hybridized carbons (Fsp3) is 0.833. The lowest BCUT2D eigenvalue weighted by Crippen LogP contribution is -2.52. The van der Waals surface area contributed by atoms with Crippen molar-refractivity contribution in [3.8, 4) is 0 Å². The molecule has 14 nitrogen and oxygen atoms in total. The van der Waals surface area contributed by atoms with Crippen molar-refractivity contribution in [1.82, 2.24) is 19.0 Å². The van der Waals surface area contributed by atoms with Crippen molar-refractivity contribution in [2.24, 2.45) is 0 Å². The average molecular weight is 476 g/mol. The predicted octanol–water partition coefficient (Wildman–Crippen LogP) is -2.08. The van der Waals surface area contributed by atoms with E-state index in [1.54, 1.807) is 0 Å². The highest BCUT2D eigenvalue weighted by atomic mass is 32.3. The Morgan fingerprint density at radius 3 is 2.34 bits per heavy atom. The van der Waals surface area contributed by atoms with Crippen LogP contribution in [-0.4, -0.2) is 99.2 Å². The van der Waals surface area contributed by atoms with Crippen LogP contribution in [-0.2, 0) is 34.7 Å². The number of nitrogens with zero attached hydrogens (tertiary/aromatic N) is 3. The second kappa shape index (κ2) is 7.31. The molecule has 3 aliphatic rings. The van der Waals surface area contributed by atoms with Crippen molar-refractivity contribution in [1.29, 1.82) is 5.41 Å². The molecule has 0 spiro atoms. The number of hydroxylamine groups is 2. The molecule has 0 unspecified atom stereocenters. The van der Waals surface area contributed by atoms with Crippen LogP contribution in [0.2, 0.25) is 0 Å². The SMILES string of the molecule is CS(=O)(=O)N1CC[C@@H](S(=O)(=O)NC(=N)[C@@H]2CC[C@@H]3CN2C(=O)N3OS(=O)(=O)O)C1.